The summed E-state index contributed by atoms with van der Waals surface area (Å²) in [6, 6.07) is 16.6. The summed E-state index contributed by atoms with van der Waals surface area (Å²) in [5, 5.41) is 3.61. The molecule has 1 heterocycles. The Hall–Kier alpha value is -2.37. The van der Waals surface area contributed by atoms with Crippen molar-refractivity contribution in [3.8, 4) is 0 Å². The fourth-order valence-electron chi connectivity index (χ4n) is 3.55. The third kappa shape index (κ3) is 5.55. The second-order valence-corrected chi connectivity index (χ2v) is 7.14. The van der Waals surface area contributed by atoms with Gasteiger partial charge < -0.3 is 20.7 Å². The molecule has 2 aromatic carbocycles. The Bertz CT molecular complexity index is 740. The fourth-order valence-corrected chi connectivity index (χ4v) is 3.55. The maximum Gasteiger partial charge on any atom is 0.337 e. The topological polar surface area (TPSA) is 67.6 Å². The molecular formula is C22H29N3O2. The molecule has 0 saturated carbocycles. The van der Waals surface area contributed by atoms with E-state index in [1.165, 1.54) is 12.7 Å². The van der Waals surface area contributed by atoms with Crippen molar-refractivity contribution in [2.45, 2.75) is 31.8 Å². The smallest absolute Gasteiger partial charge is 0.337 e. The van der Waals surface area contributed by atoms with E-state index in [4.69, 9.17) is 10.5 Å². The number of carbonyl (C=O) groups is 1. The molecule has 0 bridgehead atoms. The van der Waals surface area contributed by atoms with Crippen molar-refractivity contribution >= 4 is 11.7 Å². The summed E-state index contributed by atoms with van der Waals surface area (Å²) in [7, 11) is 1.38. The van der Waals surface area contributed by atoms with Gasteiger partial charge in [0.25, 0.3) is 0 Å². The van der Waals surface area contributed by atoms with E-state index in [1.54, 1.807) is 12.1 Å². The zero-order chi connectivity index (χ0) is 19.1. The molecule has 0 spiro atoms. The van der Waals surface area contributed by atoms with Gasteiger partial charge in [0, 0.05) is 24.8 Å². The van der Waals surface area contributed by atoms with Crippen LogP contribution in [-0.2, 0) is 17.7 Å². The molecule has 5 heteroatoms. The van der Waals surface area contributed by atoms with E-state index >= 15 is 0 Å². The van der Waals surface area contributed by atoms with Crippen molar-refractivity contribution in [1.29, 1.82) is 0 Å². The van der Waals surface area contributed by atoms with Crippen molar-refractivity contribution in [3.63, 3.8) is 0 Å². The van der Waals surface area contributed by atoms with Crippen LogP contribution in [-0.4, -0.2) is 43.7 Å². The van der Waals surface area contributed by atoms with Crippen molar-refractivity contribution in [3.05, 3.63) is 65.2 Å². The Labute approximate surface area is 161 Å². The summed E-state index contributed by atoms with van der Waals surface area (Å²) in [4.78, 5) is 14.1. The summed E-state index contributed by atoms with van der Waals surface area (Å²) in [6.07, 6.45) is 3.41. The zero-order valence-corrected chi connectivity index (χ0v) is 16.0. The van der Waals surface area contributed by atoms with Crippen LogP contribution in [0.25, 0.3) is 0 Å². The number of rotatable bonds is 7. The van der Waals surface area contributed by atoms with E-state index in [1.807, 2.05) is 6.07 Å². The summed E-state index contributed by atoms with van der Waals surface area (Å²) < 4.78 is 4.73. The number of nitrogen functional groups attached to an aromatic ring is 1. The molecule has 3 N–H and O–H groups in total. The number of ether oxygens (including phenoxy) is 1. The minimum Gasteiger partial charge on any atom is -0.465 e. The number of nitrogens with one attached hydrogen (secondary N) is 1. The maximum atomic E-state index is 11.6. The Morgan fingerprint density at radius 2 is 1.93 bits per heavy atom. The second kappa shape index (κ2) is 9.53. The largest absolute Gasteiger partial charge is 0.465 e. The lowest BCUT2D eigenvalue weighted by Gasteiger charge is -2.32. The monoisotopic (exact) mass is 367 g/mol. The highest BCUT2D eigenvalue weighted by Crippen LogP contribution is 2.17. The van der Waals surface area contributed by atoms with Crippen molar-refractivity contribution in [1.82, 2.24) is 10.2 Å². The van der Waals surface area contributed by atoms with Gasteiger partial charge in [0.15, 0.2) is 0 Å². The molecule has 144 valence electrons. The summed E-state index contributed by atoms with van der Waals surface area (Å²) in [6.45, 7) is 4.10. The first kappa shape index (κ1) is 19.4. The Morgan fingerprint density at radius 1 is 1.19 bits per heavy atom. The normalized spacial score (nSPS) is 15.6. The minimum absolute atomic E-state index is 0.357. The average molecular weight is 367 g/mol. The van der Waals surface area contributed by atoms with Crippen LogP contribution in [0.1, 0.15) is 34.3 Å². The Balaban J connectivity index is 1.41. The van der Waals surface area contributed by atoms with Crippen LogP contribution in [0.3, 0.4) is 0 Å². The van der Waals surface area contributed by atoms with Gasteiger partial charge in [-0.2, -0.15) is 0 Å². The highest BCUT2D eigenvalue weighted by Gasteiger charge is 2.19. The quantitative estimate of drug-likeness (QED) is 0.582. The third-order valence-electron chi connectivity index (χ3n) is 5.30. The van der Waals surface area contributed by atoms with E-state index in [2.05, 4.69) is 40.5 Å². The SMILES string of the molecule is COC(=O)c1ccc(CNC2CCN(CCc3ccccc3)CC2)c(N)c1. The van der Waals surface area contributed by atoms with Crippen molar-refractivity contribution < 1.29 is 9.53 Å². The number of methoxy groups -OCH3 is 1. The van der Waals surface area contributed by atoms with Crippen LogP contribution in [0.5, 0.6) is 0 Å². The van der Waals surface area contributed by atoms with Gasteiger partial charge in [-0.1, -0.05) is 36.4 Å². The first-order valence-electron chi connectivity index (χ1n) is 9.62. The number of benzene rings is 2. The Kier molecular flexibility index (Phi) is 6.85. The number of piperidine rings is 1. The molecule has 27 heavy (non-hydrogen) atoms. The molecule has 2 aromatic rings. The molecule has 0 aliphatic carbocycles. The number of hydrogen-bond acceptors (Lipinski definition) is 5. The molecule has 3 rings (SSSR count). The van der Waals surface area contributed by atoms with Gasteiger partial charge in [-0.25, -0.2) is 4.79 Å². The van der Waals surface area contributed by atoms with E-state index in [9.17, 15) is 4.79 Å². The predicted molar refractivity (Wildman–Crippen MR) is 109 cm³/mol. The molecule has 5 nitrogen and oxygen atoms in total. The summed E-state index contributed by atoms with van der Waals surface area (Å²) >= 11 is 0. The highest BCUT2D eigenvalue weighted by atomic mass is 16.5. The lowest BCUT2D eigenvalue weighted by atomic mass is 10.0. The number of nitrogens with two attached hydrogens (primary N) is 1. The highest BCUT2D eigenvalue weighted by molar-refractivity contribution is 5.90. The van der Waals surface area contributed by atoms with Gasteiger partial charge in [0.2, 0.25) is 0 Å². The van der Waals surface area contributed by atoms with E-state index in [0.717, 1.165) is 51.0 Å². The molecule has 1 fully saturated rings. The van der Waals surface area contributed by atoms with Gasteiger partial charge in [0.05, 0.1) is 12.7 Å². The predicted octanol–water partition coefficient (Wildman–Crippen LogP) is 2.85. The standard InChI is InChI=1S/C22H29N3O2/c1-27-22(26)18-7-8-19(21(23)15-18)16-24-20-10-13-25(14-11-20)12-9-17-5-3-2-4-6-17/h2-8,15,20,24H,9-14,16,23H2,1H3. The fraction of sp³-hybridized carbons (Fsp3) is 0.409. The van der Waals surface area contributed by atoms with Crippen molar-refractivity contribution in [2.75, 3.05) is 32.5 Å². The van der Waals surface area contributed by atoms with Crippen LogP contribution < -0.4 is 11.1 Å². The van der Waals surface area contributed by atoms with Crippen molar-refractivity contribution in [2.24, 2.45) is 0 Å². The number of esters is 1. The molecule has 0 radical (unpaired) electrons. The molecule has 1 aliphatic rings. The van der Waals surface area contributed by atoms with Gasteiger partial charge in [-0.05, 0) is 55.6 Å². The molecule has 0 atom stereocenters. The zero-order valence-electron chi connectivity index (χ0n) is 16.0. The summed E-state index contributed by atoms with van der Waals surface area (Å²) in [5.74, 6) is -0.357. The van der Waals surface area contributed by atoms with Gasteiger partial charge >= 0.3 is 5.97 Å². The van der Waals surface area contributed by atoms with Crippen LogP contribution >= 0.6 is 0 Å². The lowest BCUT2D eigenvalue weighted by Crippen LogP contribution is -2.42. The molecule has 0 amide bonds. The molecule has 1 saturated heterocycles. The molecule has 0 aromatic heterocycles. The minimum atomic E-state index is -0.357. The second-order valence-electron chi connectivity index (χ2n) is 7.14. The van der Waals surface area contributed by atoms with E-state index in [-0.39, 0.29) is 5.97 Å². The number of likely N-dealkylation sites (tertiary alicyclic amines) is 1. The lowest BCUT2D eigenvalue weighted by molar-refractivity contribution is 0.0601. The first-order chi connectivity index (χ1) is 13.2. The number of carbonyl (C=O) groups excluding carboxylic acids is 1. The average Bonchev–Trinajstić information content (AvgIpc) is 2.72. The van der Waals surface area contributed by atoms with Gasteiger partial charge in [-0.3, -0.25) is 0 Å². The number of hydrogen-bond donors (Lipinski definition) is 2. The van der Waals surface area contributed by atoms with Gasteiger partial charge in [0.1, 0.15) is 0 Å². The molecule has 1 aliphatic heterocycles. The van der Waals surface area contributed by atoms with Crippen LogP contribution in [0.2, 0.25) is 0 Å². The third-order valence-corrected chi connectivity index (χ3v) is 5.30. The molecular weight excluding hydrogens is 338 g/mol. The Morgan fingerprint density at radius 3 is 2.59 bits per heavy atom. The summed E-state index contributed by atoms with van der Waals surface area (Å²) in [5.41, 5.74) is 9.64. The van der Waals surface area contributed by atoms with Gasteiger partial charge in [-0.15, -0.1) is 0 Å². The van der Waals surface area contributed by atoms with E-state index < -0.39 is 0 Å². The number of nitrogens with zero attached hydrogens (tertiary/aromatic N) is 1. The van der Waals surface area contributed by atoms with Crippen LogP contribution in [0.15, 0.2) is 48.5 Å². The van der Waals surface area contributed by atoms with Crippen LogP contribution in [0.4, 0.5) is 5.69 Å². The van der Waals surface area contributed by atoms with E-state index in [0.29, 0.717) is 17.3 Å². The van der Waals surface area contributed by atoms with Crippen LogP contribution in [0, 0.1) is 0 Å². The molecule has 0 unspecified atom stereocenters. The maximum absolute atomic E-state index is 11.6. The number of anilines is 1. The first-order valence-corrected chi connectivity index (χ1v) is 9.62.